The molecule has 0 unspecified atom stereocenters. The third-order valence-electron chi connectivity index (χ3n) is 4.52. The maximum absolute atomic E-state index is 12.8. The monoisotopic (exact) mass is 406 g/mol. The molecule has 27 heavy (non-hydrogen) atoms. The summed E-state index contributed by atoms with van der Waals surface area (Å²) in [5.41, 5.74) is 0.989. The fourth-order valence-corrected chi connectivity index (χ4v) is 4.47. The smallest absolute Gasteiger partial charge is 0.253 e. The van der Waals surface area contributed by atoms with E-state index in [1.165, 1.54) is 35.5 Å². The number of rotatable bonds is 4. The first kappa shape index (κ1) is 19.5. The zero-order valence-corrected chi connectivity index (χ0v) is 16.3. The van der Waals surface area contributed by atoms with Crippen LogP contribution in [0.2, 0.25) is 5.02 Å². The van der Waals surface area contributed by atoms with Crippen LogP contribution in [0.1, 0.15) is 27.6 Å². The highest BCUT2D eigenvalue weighted by Crippen LogP contribution is 2.20. The molecule has 0 aliphatic carbocycles. The Balaban J connectivity index is 1.68. The minimum absolute atomic E-state index is 0.117. The van der Waals surface area contributed by atoms with Crippen molar-refractivity contribution in [2.45, 2.75) is 11.8 Å². The summed E-state index contributed by atoms with van der Waals surface area (Å²) in [6.07, 6.45) is 0. The predicted octanol–water partition coefficient (Wildman–Crippen LogP) is 2.69. The molecule has 0 aromatic heterocycles. The van der Waals surface area contributed by atoms with E-state index >= 15 is 0 Å². The number of carbonyl (C=O) groups excluding carboxylic acids is 2. The molecular formula is C19H19ClN2O4S. The number of amides is 1. The second kappa shape index (κ2) is 7.80. The maximum atomic E-state index is 12.8. The lowest BCUT2D eigenvalue weighted by Crippen LogP contribution is -2.50. The first-order chi connectivity index (χ1) is 12.8. The van der Waals surface area contributed by atoms with Gasteiger partial charge >= 0.3 is 0 Å². The topological polar surface area (TPSA) is 74.8 Å². The molecule has 1 amide bonds. The van der Waals surface area contributed by atoms with Crippen molar-refractivity contribution in [3.8, 4) is 0 Å². The highest BCUT2D eigenvalue weighted by atomic mass is 35.5. The first-order valence-electron chi connectivity index (χ1n) is 8.45. The molecule has 0 bridgehead atoms. The van der Waals surface area contributed by atoms with Gasteiger partial charge in [0.05, 0.1) is 4.90 Å². The molecule has 8 heteroatoms. The van der Waals surface area contributed by atoms with E-state index in [4.69, 9.17) is 11.6 Å². The second-order valence-corrected chi connectivity index (χ2v) is 8.66. The van der Waals surface area contributed by atoms with Gasteiger partial charge in [0.2, 0.25) is 10.0 Å². The minimum atomic E-state index is -3.66. The van der Waals surface area contributed by atoms with Crippen molar-refractivity contribution in [3.63, 3.8) is 0 Å². The average molecular weight is 407 g/mol. The summed E-state index contributed by atoms with van der Waals surface area (Å²) in [5, 5.41) is 0.554. The van der Waals surface area contributed by atoms with Crippen LogP contribution < -0.4 is 0 Å². The Bertz CT molecular complexity index is 948. The number of sulfonamides is 1. The molecular weight excluding hydrogens is 388 g/mol. The SMILES string of the molecule is CC(=O)c1ccc(S(=O)(=O)N2CCN(C(=O)c3ccc(Cl)cc3)CC2)cc1. The van der Waals surface area contributed by atoms with E-state index in [1.807, 2.05) is 0 Å². The summed E-state index contributed by atoms with van der Waals surface area (Å²) in [6.45, 7) is 2.49. The van der Waals surface area contributed by atoms with Gasteiger partial charge in [-0.2, -0.15) is 4.31 Å². The third kappa shape index (κ3) is 4.21. The van der Waals surface area contributed by atoms with Gasteiger partial charge in [-0.25, -0.2) is 8.42 Å². The molecule has 0 spiro atoms. The standard InChI is InChI=1S/C19H19ClN2O4S/c1-14(23)15-4-8-18(9-5-15)27(25,26)22-12-10-21(11-13-22)19(24)16-2-6-17(20)7-3-16/h2-9H,10-13H2,1H3. The minimum Gasteiger partial charge on any atom is -0.336 e. The number of Topliss-reactive ketones (excluding diaryl/α,β-unsaturated/α-hetero) is 1. The van der Waals surface area contributed by atoms with Crippen LogP contribution in [0.4, 0.5) is 0 Å². The average Bonchev–Trinajstić information content (AvgIpc) is 2.68. The number of nitrogens with zero attached hydrogens (tertiary/aromatic N) is 2. The molecule has 2 aromatic rings. The zero-order valence-electron chi connectivity index (χ0n) is 14.8. The molecule has 1 heterocycles. The van der Waals surface area contributed by atoms with E-state index in [9.17, 15) is 18.0 Å². The van der Waals surface area contributed by atoms with Crippen molar-refractivity contribution in [2.75, 3.05) is 26.2 Å². The Kier molecular flexibility index (Phi) is 5.64. The van der Waals surface area contributed by atoms with E-state index in [-0.39, 0.29) is 29.7 Å². The first-order valence-corrected chi connectivity index (χ1v) is 10.3. The molecule has 0 atom stereocenters. The van der Waals surface area contributed by atoms with E-state index < -0.39 is 10.0 Å². The van der Waals surface area contributed by atoms with Gasteiger partial charge < -0.3 is 4.90 Å². The van der Waals surface area contributed by atoms with Crippen LogP contribution in [0, 0.1) is 0 Å². The number of benzene rings is 2. The molecule has 142 valence electrons. The molecule has 1 saturated heterocycles. The third-order valence-corrected chi connectivity index (χ3v) is 6.68. The van der Waals surface area contributed by atoms with Crippen LogP contribution in [0.25, 0.3) is 0 Å². The molecule has 2 aromatic carbocycles. The van der Waals surface area contributed by atoms with Crippen LogP contribution >= 0.6 is 11.6 Å². The summed E-state index contributed by atoms with van der Waals surface area (Å²) in [4.78, 5) is 25.6. The maximum Gasteiger partial charge on any atom is 0.253 e. The summed E-state index contributed by atoms with van der Waals surface area (Å²) >= 11 is 5.84. The molecule has 1 fully saturated rings. The summed E-state index contributed by atoms with van der Waals surface area (Å²) in [5.74, 6) is -0.261. The van der Waals surface area contributed by atoms with Gasteiger partial charge in [-0.1, -0.05) is 23.7 Å². The van der Waals surface area contributed by atoms with E-state index in [0.29, 0.717) is 29.2 Å². The van der Waals surface area contributed by atoms with Crippen molar-refractivity contribution in [1.29, 1.82) is 0 Å². The van der Waals surface area contributed by atoms with Gasteiger partial charge in [-0.3, -0.25) is 9.59 Å². The second-order valence-electron chi connectivity index (χ2n) is 6.28. The highest BCUT2D eigenvalue weighted by Gasteiger charge is 2.30. The predicted molar refractivity (Wildman–Crippen MR) is 103 cm³/mol. The number of carbonyl (C=O) groups is 2. The van der Waals surface area contributed by atoms with Gasteiger partial charge in [0.25, 0.3) is 5.91 Å². The van der Waals surface area contributed by atoms with Crippen molar-refractivity contribution in [2.24, 2.45) is 0 Å². The summed E-state index contributed by atoms with van der Waals surface area (Å²) in [7, 11) is -3.66. The lowest BCUT2D eigenvalue weighted by Gasteiger charge is -2.34. The van der Waals surface area contributed by atoms with Crippen molar-refractivity contribution >= 4 is 33.3 Å². The Hall–Kier alpha value is -2.22. The molecule has 3 rings (SSSR count). The number of hydrogen-bond acceptors (Lipinski definition) is 4. The van der Waals surface area contributed by atoms with Crippen LogP contribution in [0.15, 0.2) is 53.4 Å². The Morgan fingerprint density at radius 2 is 1.37 bits per heavy atom. The van der Waals surface area contributed by atoms with E-state index in [1.54, 1.807) is 29.2 Å². The molecule has 1 aliphatic rings. The van der Waals surface area contributed by atoms with Crippen LogP contribution in [0.3, 0.4) is 0 Å². The molecule has 0 radical (unpaired) electrons. The number of hydrogen-bond donors (Lipinski definition) is 0. The normalized spacial score (nSPS) is 15.6. The number of ketones is 1. The van der Waals surface area contributed by atoms with Gasteiger partial charge in [0.1, 0.15) is 0 Å². The van der Waals surface area contributed by atoms with Crippen LogP contribution in [-0.4, -0.2) is 55.5 Å². The van der Waals surface area contributed by atoms with Crippen LogP contribution in [0.5, 0.6) is 0 Å². The van der Waals surface area contributed by atoms with Crippen LogP contribution in [-0.2, 0) is 10.0 Å². The lowest BCUT2D eigenvalue weighted by atomic mass is 10.2. The Morgan fingerprint density at radius 3 is 1.89 bits per heavy atom. The summed E-state index contributed by atoms with van der Waals surface area (Å²) < 4.78 is 26.9. The van der Waals surface area contributed by atoms with Crippen molar-refractivity contribution in [1.82, 2.24) is 9.21 Å². The number of halogens is 1. The van der Waals surface area contributed by atoms with Gasteiger partial charge in [0, 0.05) is 42.3 Å². The zero-order chi connectivity index (χ0) is 19.6. The van der Waals surface area contributed by atoms with Crippen molar-refractivity contribution in [3.05, 3.63) is 64.7 Å². The fourth-order valence-electron chi connectivity index (χ4n) is 2.92. The quantitative estimate of drug-likeness (QED) is 0.731. The molecule has 1 aliphatic heterocycles. The van der Waals surface area contributed by atoms with Crippen molar-refractivity contribution < 1.29 is 18.0 Å². The van der Waals surface area contributed by atoms with Gasteiger partial charge in [-0.15, -0.1) is 0 Å². The van der Waals surface area contributed by atoms with Gasteiger partial charge in [-0.05, 0) is 43.3 Å². The fraction of sp³-hybridized carbons (Fsp3) is 0.263. The van der Waals surface area contributed by atoms with E-state index in [2.05, 4.69) is 0 Å². The lowest BCUT2D eigenvalue weighted by molar-refractivity contribution is 0.0698. The molecule has 0 N–H and O–H groups in total. The number of piperazine rings is 1. The van der Waals surface area contributed by atoms with Gasteiger partial charge in [0.15, 0.2) is 5.78 Å². The highest BCUT2D eigenvalue weighted by molar-refractivity contribution is 7.89. The Labute approximate surface area is 163 Å². The Morgan fingerprint density at radius 1 is 0.852 bits per heavy atom. The van der Waals surface area contributed by atoms with E-state index in [0.717, 1.165) is 0 Å². The molecule has 6 nitrogen and oxygen atoms in total. The molecule has 0 saturated carbocycles. The summed E-state index contributed by atoms with van der Waals surface area (Å²) in [6, 6.07) is 12.5. The largest absolute Gasteiger partial charge is 0.336 e.